The van der Waals surface area contributed by atoms with E-state index in [1.165, 1.54) is 17.4 Å². The van der Waals surface area contributed by atoms with Crippen molar-refractivity contribution in [1.29, 1.82) is 0 Å². The summed E-state index contributed by atoms with van der Waals surface area (Å²) in [5.41, 5.74) is 1.19. The van der Waals surface area contributed by atoms with Crippen LogP contribution in [0.15, 0.2) is 35.5 Å². The molecule has 3 rings (SSSR count). The quantitative estimate of drug-likeness (QED) is 0.510. The standard InChI is InChI=1S/C19H25N5O3S/c1-3-27-18(26)13-16-20-21-19(22(16)2)28-14-17(25)24-11-9-23(10-12-24)15-7-5-4-6-8-15/h4-8H,3,9-14H2,1-2H3. The van der Waals surface area contributed by atoms with Crippen molar-refractivity contribution in [3.8, 4) is 0 Å². The third-order valence-electron chi connectivity index (χ3n) is 4.61. The predicted octanol–water partition coefficient (Wildman–Crippen LogP) is 1.36. The summed E-state index contributed by atoms with van der Waals surface area (Å²) < 4.78 is 6.67. The van der Waals surface area contributed by atoms with E-state index in [4.69, 9.17) is 4.74 Å². The highest BCUT2D eigenvalue weighted by Gasteiger charge is 2.22. The molecule has 0 bridgehead atoms. The molecule has 2 aromatic rings. The number of piperazine rings is 1. The number of carbonyl (C=O) groups excluding carboxylic acids is 2. The molecular weight excluding hydrogens is 378 g/mol. The number of amides is 1. The van der Waals surface area contributed by atoms with E-state index in [1.54, 1.807) is 18.5 Å². The van der Waals surface area contributed by atoms with Crippen molar-refractivity contribution in [3.05, 3.63) is 36.2 Å². The minimum Gasteiger partial charge on any atom is -0.466 e. The highest BCUT2D eigenvalue weighted by Crippen LogP contribution is 2.19. The van der Waals surface area contributed by atoms with Crippen LogP contribution in [0, 0.1) is 0 Å². The Morgan fingerprint density at radius 1 is 1.11 bits per heavy atom. The van der Waals surface area contributed by atoms with E-state index < -0.39 is 0 Å². The monoisotopic (exact) mass is 403 g/mol. The van der Waals surface area contributed by atoms with Gasteiger partial charge in [-0.2, -0.15) is 0 Å². The fourth-order valence-corrected chi connectivity index (χ4v) is 3.87. The molecule has 1 aromatic heterocycles. The lowest BCUT2D eigenvalue weighted by Gasteiger charge is -2.36. The maximum Gasteiger partial charge on any atom is 0.313 e. The summed E-state index contributed by atoms with van der Waals surface area (Å²) in [6.45, 7) is 5.18. The third kappa shape index (κ3) is 5.03. The Kier molecular flexibility index (Phi) is 6.91. The second-order valence-electron chi connectivity index (χ2n) is 6.43. The summed E-state index contributed by atoms with van der Waals surface area (Å²) in [7, 11) is 1.79. The lowest BCUT2D eigenvalue weighted by Crippen LogP contribution is -2.49. The molecule has 8 nitrogen and oxygen atoms in total. The molecular formula is C19H25N5O3S. The van der Waals surface area contributed by atoms with Gasteiger partial charge in [-0.15, -0.1) is 10.2 Å². The van der Waals surface area contributed by atoms with E-state index in [2.05, 4.69) is 27.2 Å². The molecule has 1 amide bonds. The van der Waals surface area contributed by atoms with Gasteiger partial charge in [-0.25, -0.2) is 0 Å². The van der Waals surface area contributed by atoms with E-state index in [1.807, 2.05) is 23.1 Å². The maximum atomic E-state index is 12.6. The van der Waals surface area contributed by atoms with Gasteiger partial charge in [0, 0.05) is 38.9 Å². The molecule has 9 heteroatoms. The number of anilines is 1. The molecule has 150 valence electrons. The van der Waals surface area contributed by atoms with E-state index >= 15 is 0 Å². The van der Waals surface area contributed by atoms with Gasteiger partial charge in [0.25, 0.3) is 0 Å². The molecule has 28 heavy (non-hydrogen) atoms. The Morgan fingerprint density at radius 3 is 2.50 bits per heavy atom. The number of carbonyl (C=O) groups is 2. The number of hydrogen-bond acceptors (Lipinski definition) is 7. The van der Waals surface area contributed by atoms with Crippen molar-refractivity contribution in [2.45, 2.75) is 18.5 Å². The van der Waals surface area contributed by atoms with Gasteiger partial charge in [0.2, 0.25) is 5.91 Å². The van der Waals surface area contributed by atoms with Gasteiger partial charge in [-0.1, -0.05) is 30.0 Å². The summed E-state index contributed by atoms with van der Waals surface area (Å²) in [5.74, 6) is 0.593. The number of hydrogen-bond donors (Lipinski definition) is 0. The highest BCUT2D eigenvalue weighted by molar-refractivity contribution is 7.99. The van der Waals surface area contributed by atoms with Gasteiger partial charge < -0.3 is 19.1 Å². The molecule has 1 aromatic carbocycles. The zero-order chi connectivity index (χ0) is 19.9. The second-order valence-corrected chi connectivity index (χ2v) is 7.37. The average Bonchev–Trinajstić information content (AvgIpc) is 3.06. The fraction of sp³-hybridized carbons (Fsp3) is 0.474. The van der Waals surface area contributed by atoms with Crippen LogP contribution in [0.3, 0.4) is 0 Å². The summed E-state index contributed by atoms with van der Waals surface area (Å²) in [5, 5.41) is 8.74. The number of thioether (sulfide) groups is 1. The minimum absolute atomic E-state index is 0.0767. The number of rotatable bonds is 7. The molecule has 0 aliphatic carbocycles. The molecule has 1 aliphatic rings. The summed E-state index contributed by atoms with van der Waals surface area (Å²) in [6, 6.07) is 10.2. The van der Waals surface area contributed by atoms with Crippen molar-refractivity contribution in [3.63, 3.8) is 0 Å². The molecule has 2 heterocycles. The first-order chi connectivity index (χ1) is 13.6. The van der Waals surface area contributed by atoms with Gasteiger partial charge in [0.1, 0.15) is 12.2 Å². The number of para-hydroxylation sites is 1. The Labute approximate surface area is 168 Å². The summed E-state index contributed by atoms with van der Waals surface area (Å²) >= 11 is 1.34. The predicted molar refractivity (Wildman–Crippen MR) is 107 cm³/mol. The van der Waals surface area contributed by atoms with Crippen molar-refractivity contribution >= 4 is 29.3 Å². The Bertz CT molecular complexity index is 803. The van der Waals surface area contributed by atoms with Crippen molar-refractivity contribution in [1.82, 2.24) is 19.7 Å². The van der Waals surface area contributed by atoms with Crippen molar-refractivity contribution in [2.24, 2.45) is 7.05 Å². The van der Waals surface area contributed by atoms with Gasteiger partial charge in [-0.05, 0) is 19.1 Å². The van der Waals surface area contributed by atoms with Gasteiger partial charge in [-0.3, -0.25) is 9.59 Å². The normalized spacial score (nSPS) is 14.2. The number of aromatic nitrogens is 3. The molecule has 1 fully saturated rings. The SMILES string of the molecule is CCOC(=O)Cc1nnc(SCC(=O)N2CCN(c3ccccc3)CC2)n1C. The molecule has 0 unspecified atom stereocenters. The maximum absolute atomic E-state index is 12.6. The van der Waals surface area contributed by atoms with Crippen LogP contribution in [-0.2, 0) is 27.8 Å². The first-order valence-electron chi connectivity index (χ1n) is 9.33. The Hall–Kier alpha value is -2.55. The van der Waals surface area contributed by atoms with Crippen molar-refractivity contribution < 1.29 is 14.3 Å². The minimum atomic E-state index is -0.332. The Balaban J connectivity index is 1.47. The average molecular weight is 404 g/mol. The zero-order valence-electron chi connectivity index (χ0n) is 16.2. The smallest absolute Gasteiger partial charge is 0.313 e. The van der Waals surface area contributed by atoms with E-state index in [0.717, 1.165) is 13.1 Å². The molecule has 0 saturated carbocycles. The van der Waals surface area contributed by atoms with E-state index in [9.17, 15) is 9.59 Å². The van der Waals surface area contributed by atoms with Gasteiger partial charge in [0.15, 0.2) is 5.16 Å². The topological polar surface area (TPSA) is 80.6 Å². The van der Waals surface area contributed by atoms with Crippen LogP contribution in [0.25, 0.3) is 0 Å². The van der Waals surface area contributed by atoms with Crippen LogP contribution in [0.1, 0.15) is 12.7 Å². The summed E-state index contributed by atoms with van der Waals surface area (Å²) in [4.78, 5) is 28.3. The molecule has 0 spiro atoms. The first kappa shape index (κ1) is 20.2. The summed E-state index contributed by atoms with van der Waals surface area (Å²) in [6.07, 6.45) is 0.0767. The van der Waals surface area contributed by atoms with Crippen LogP contribution in [-0.4, -0.2) is 70.1 Å². The molecule has 1 saturated heterocycles. The lowest BCUT2D eigenvalue weighted by molar-refractivity contribution is -0.142. The highest BCUT2D eigenvalue weighted by atomic mass is 32.2. The number of benzene rings is 1. The van der Waals surface area contributed by atoms with Crippen LogP contribution < -0.4 is 4.90 Å². The molecule has 0 radical (unpaired) electrons. The van der Waals surface area contributed by atoms with E-state index in [0.29, 0.717) is 36.4 Å². The van der Waals surface area contributed by atoms with Crippen LogP contribution in [0.5, 0.6) is 0 Å². The number of nitrogens with zero attached hydrogens (tertiary/aromatic N) is 5. The van der Waals surface area contributed by atoms with Gasteiger partial charge in [0.05, 0.1) is 12.4 Å². The Morgan fingerprint density at radius 2 is 1.82 bits per heavy atom. The first-order valence-corrected chi connectivity index (χ1v) is 10.3. The molecule has 0 atom stereocenters. The van der Waals surface area contributed by atoms with Crippen molar-refractivity contribution in [2.75, 3.05) is 43.4 Å². The largest absolute Gasteiger partial charge is 0.466 e. The third-order valence-corrected chi connectivity index (χ3v) is 5.62. The zero-order valence-corrected chi connectivity index (χ0v) is 17.0. The molecule has 1 aliphatic heterocycles. The lowest BCUT2D eigenvalue weighted by atomic mass is 10.2. The van der Waals surface area contributed by atoms with Crippen LogP contribution in [0.2, 0.25) is 0 Å². The number of esters is 1. The molecule has 0 N–H and O–H groups in total. The second kappa shape index (κ2) is 9.59. The van der Waals surface area contributed by atoms with E-state index in [-0.39, 0.29) is 18.3 Å². The fourth-order valence-electron chi connectivity index (χ4n) is 3.04. The number of ether oxygens (including phenoxy) is 1. The van der Waals surface area contributed by atoms with Gasteiger partial charge >= 0.3 is 5.97 Å². The van der Waals surface area contributed by atoms with Crippen LogP contribution >= 0.6 is 11.8 Å². The van der Waals surface area contributed by atoms with Crippen LogP contribution in [0.4, 0.5) is 5.69 Å².